The third-order valence-electron chi connectivity index (χ3n) is 4.35. The maximum Gasteiger partial charge on any atom is 0.321 e. The molecule has 2 aromatic carbocycles. The fraction of sp³-hybridized carbons (Fsp3) is 0.316. The van der Waals surface area contributed by atoms with Crippen molar-refractivity contribution in [1.29, 1.82) is 0 Å². The molecule has 0 fully saturated rings. The number of amides is 2. The standard InChI is InChI=1S/C19H23N3O4S/c1-3-10-20-19(23)22-11-9-14-12-17(7-8-18(14)22)27(24,25)21-15-5-4-6-16(13-15)26-2/h4-8,12-13,21H,3,9-11H2,1-2H3,(H,20,23). The Morgan fingerprint density at radius 1 is 1.22 bits per heavy atom. The zero-order chi connectivity index (χ0) is 19.4. The molecule has 0 aliphatic carbocycles. The Balaban J connectivity index is 1.81. The van der Waals surface area contributed by atoms with Crippen LogP contribution in [0.5, 0.6) is 5.75 Å². The number of nitrogens with zero attached hydrogens (tertiary/aromatic N) is 1. The van der Waals surface area contributed by atoms with E-state index in [1.165, 1.54) is 13.2 Å². The second kappa shape index (κ2) is 7.87. The molecule has 1 aliphatic rings. The van der Waals surface area contributed by atoms with Crippen LogP contribution in [0, 0.1) is 0 Å². The monoisotopic (exact) mass is 389 g/mol. The molecule has 2 aromatic rings. The molecule has 2 amide bonds. The van der Waals surface area contributed by atoms with Crippen molar-refractivity contribution in [1.82, 2.24) is 5.32 Å². The van der Waals surface area contributed by atoms with Crippen LogP contribution in [-0.4, -0.2) is 34.6 Å². The second-order valence-corrected chi connectivity index (χ2v) is 7.94. The first kappa shape index (κ1) is 19.0. The Labute approximate surface area is 159 Å². The molecule has 27 heavy (non-hydrogen) atoms. The molecule has 0 radical (unpaired) electrons. The molecule has 0 bridgehead atoms. The van der Waals surface area contributed by atoms with E-state index in [0.29, 0.717) is 30.9 Å². The van der Waals surface area contributed by atoms with Crippen LogP contribution in [0.25, 0.3) is 0 Å². The van der Waals surface area contributed by atoms with E-state index >= 15 is 0 Å². The molecule has 0 unspecified atom stereocenters. The van der Waals surface area contributed by atoms with E-state index in [2.05, 4.69) is 10.0 Å². The normalized spacial score (nSPS) is 13.2. The Morgan fingerprint density at radius 2 is 2.04 bits per heavy atom. The number of sulfonamides is 1. The number of nitrogens with one attached hydrogen (secondary N) is 2. The molecule has 2 N–H and O–H groups in total. The van der Waals surface area contributed by atoms with Crippen LogP contribution in [0.4, 0.5) is 16.2 Å². The van der Waals surface area contributed by atoms with Gasteiger partial charge in [-0.05, 0) is 48.7 Å². The lowest BCUT2D eigenvalue weighted by atomic mass is 10.2. The molecular formula is C19H23N3O4S. The zero-order valence-corrected chi connectivity index (χ0v) is 16.2. The van der Waals surface area contributed by atoms with Gasteiger partial charge in [0.2, 0.25) is 0 Å². The number of ether oxygens (including phenoxy) is 1. The molecule has 0 aromatic heterocycles. The minimum absolute atomic E-state index is 0.152. The van der Waals surface area contributed by atoms with Crippen molar-refractivity contribution in [2.75, 3.05) is 29.8 Å². The predicted molar refractivity (Wildman–Crippen MR) is 105 cm³/mol. The maximum atomic E-state index is 12.7. The molecule has 0 atom stereocenters. The lowest BCUT2D eigenvalue weighted by Gasteiger charge is -2.18. The topological polar surface area (TPSA) is 87.7 Å². The van der Waals surface area contributed by atoms with Crippen molar-refractivity contribution in [3.8, 4) is 5.75 Å². The Bertz CT molecular complexity index is 944. The van der Waals surface area contributed by atoms with Gasteiger partial charge in [0.25, 0.3) is 10.0 Å². The summed E-state index contributed by atoms with van der Waals surface area (Å²) in [7, 11) is -2.21. The summed E-state index contributed by atoms with van der Waals surface area (Å²) in [6, 6.07) is 11.4. The number of hydrogen-bond acceptors (Lipinski definition) is 4. The number of hydrogen-bond donors (Lipinski definition) is 2. The first-order valence-corrected chi connectivity index (χ1v) is 10.3. The van der Waals surface area contributed by atoms with Gasteiger partial charge in [-0.15, -0.1) is 0 Å². The molecule has 0 spiro atoms. The molecule has 144 valence electrons. The summed E-state index contributed by atoms with van der Waals surface area (Å²) < 4.78 is 33.1. The highest BCUT2D eigenvalue weighted by molar-refractivity contribution is 7.92. The van der Waals surface area contributed by atoms with Gasteiger partial charge >= 0.3 is 6.03 Å². The summed E-state index contributed by atoms with van der Waals surface area (Å²) in [4.78, 5) is 14.0. The summed E-state index contributed by atoms with van der Waals surface area (Å²) in [6.07, 6.45) is 1.48. The van der Waals surface area contributed by atoms with Gasteiger partial charge in [0.1, 0.15) is 5.75 Å². The highest BCUT2D eigenvalue weighted by atomic mass is 32.2. The average molecular weight is 389 g/mol. The number of urea groups is 1. The third kappa shape index (κ3) is 4.16. The van der Waals surface area contributed by atoms with Crippen LogP contribution in [0.1, 0.15) is 18.9 Å². The van der Waals surface area contributed by atoms with Gasteiger partial charge in [0.05, 0.1) is 17.7 Å². The van der Waals surface area contributed by atoms with E-state index in [0.717, 1.165) is 17.7 Å². The smallest absolute Gasteiger partial charge is 0.321 e. The van der Waals surface area contributed by atoms with Crippen molar-refractivity contribution in [2.45, 2.75) is 24.7 Å². The fourth-order valence-corrected chi connectivity index (χ4v) is 4.08. The summed E-state index contributed by atoms with van der Waals surface area (Å²) in [6.45, 7) is 3.14. The summed E-state index contributed by atoms with van der Waals surface area (Å²) in [5.74, 6) is 0.567. The maximum absolute atomic E-state index is 12.7. The number of fused-ring (bicyclic) bond motifs is 1. The van der Waals surface area contributed by atoms with E-state index < -0.39 is 10.0 Å². The number of carbonyl (C=O) groups is 1. The summed E-state index contributed by atoms with van der Waals surface area (Å²) in [5.41, 5.74) is 2.02. The van der Waals surface area contributed by atoms with E-state index in [4.69, 9.17) is 4.74 Å². The third-order valence-corrected chi connectivity index (χ3v) is 5.73. The Hall–Kier alpha value is -2.74. The molecule has 8 heteroatoms. The minimum atomic E-state index is -3.74. The van der Waals surface area contributed by atoms with Gasteiger partial charge in [0.15, 0.2) is 0 Å². The Morgan fingerprint density at radius 3 is 2.78 bits per heavy atom. The van der Waals surface area contributed by atoms with E-state index in [-0.39, 0.29) is 10.9 Å². The van der Waals surface area contributed by atoms with Crippen molar-refractivity contribution in [3.63, 3.8) is 0 Å². The van der Waals surface area contributed by atoms with Crippen LogP contribution in [0.3, 0.4) is 0 Å². The first-order chi connectivity index (χ1) is 12.9. The van der Waals surface area contributed by atoms with Crippen molar-refractivity contribution < 1.29 is 17.9 Å². The van der Waals surface area contributed by atoms with E-state index in [1.807, 2.05) is 6.92 Å². The number of benzene rings is 2. The highest BCUT2D eigenvalue weighted by Crippen LogP contribution is 2.31. The fourth-order valence-electron chi connectivity index (χ4n) is 2.98. The molecule has 0 saturated heterocycles. The van der Waals surface area contributed by atoms with Crippen LogP contribution in [0.15, 0.2) is 47.4 Å². The van der Waals surface area contributed by atoms with Gasteiger partial charge in [-0.2, -0.15) is 0 Å². The number of carbonyl (C=O) groups excluding carboxylic acids is 1. The lowest BCUT2D eigenvalue weighted by molar-refractivity contribution is 0.247. The van der Waals surface area contributed by atoms with Gasteiger partial charge < -0.3 is 10.1 Å². The van der Waals surface area contributed by atoms with Crippen LogP contribution < -0.4 is 19.7 Å². The quantitative estimate of drug-likeness (QED) is 0.795. The van der Waals surface area contributed by atoms with Gasteiger partial charge in [-0.1, -0.05) is 13.0 Å². The van der Waals surface area contributed by atoms with Crippen LogP contribution in [-0.2, 0) is 16.4 Å². The SMILES string of the molecule is CCCNC(=O)N1CCc2cc(S(=O)(=O)Nc3cccc(OC)c3)ccc21. The molecular weight excluding hydrogens is 366 g/mol. The minimum Gasteiger partial charge on any atom is -0.497 e. The van der Waals surface area contributed by atoms with Crippen molar-refractivity contribution in [2.24, 2.45) is 0 Å². The molecule has 7 nitrogen and oxygen atoms in total. The lowest BCUT2D eigenvalue weighted by Crippen LogP contribution is -2.39. The first-order valence-electron chi connectivity index (χ1n) is 8.80. The van der Waals surface area contributed by atoms with Crippen LogP contribution >= 0.6 is 0 Å². The second-order valence-electron chi connectivity index (χ2n) is 6.26. The molecule has 1 heterocycles. The summed E-state index contributed by atoms with van der Waals surface area (Å²) >= 11 is 0. The van der Waals surface area contributed by atoms with Gasteiger partial charge in [-0.3, -0.25) is 9.62 Å². The summed E-state index contributed by atoms with van der Waals surface area (Å²) in [5, 5.41) is 2.85. The zero-order valence-electron chi connectivity index (χ0n) is 15.4. The predicted octanol–water partition coefficient (Wildman–Crippen LogP) is 2.98. The van der Waals surface area contributed by atoms with E-state index in [9.17, 15) is 13.2 Å². The van der Waals surface area contributed by atoms with E-state index in [1.54, 1.807) is 41.3 Å². The van der Waals surface area contributed by atoms with Crippen LogP contribution in [0.2, 0.25) is 0 Å². The average Bonchev–Trinajstić information content (AvgIpc) is 3.09. The molecule has 0 saturated carbocycles. The Kier molecular flexibility index (Phi) is 5.55. The largest absolute Gasteiger partial charge is 0.497 e. The molecule has 1 aliphatic heterocycles. The number of anilines is 2. The van der Waals surface area contributed by atoms with Crippen molar-refractivity contribution >= 4 is 27.4 Å². The number of methoxy groups -OCH3 is 1. The van der Waals surface area contributed by atoms with Gasteiger partial charge in [-0.25, -0.2) is 13.2 Å². The van der Waals surface area contributed by atoms with Gasteiger partial charge in [0, 0.05) is 24.8 Å². The number of rotatable bonds is 6. The van der Waals surface area contributed by atoms with Crippen molar-refractivity contribution in [3.05, 3.63) is 48.0 Å². The highest BCUT2D eigenvalue weighted by Gasteiger charge is 2.26. The molecule has 3 rings (SSSR count).